The monoisotopic (exact) mass is 292 g/mol. The molecule has 2 heterocycles. The van der Waals surface area contributed by atoms with Gasteiger partial charge >= 0.3 is 0 Å². The van der Waals surface area contributed by atoms with Crippen LogP contribution < -0.4 is 5.84 Å². The Bertz CT molecular complexity index is 696. The Morgan fingerprint density at radius 2 is 2.05 bits per heavy atom. The van der Waals surface area contributed by atoms with Crippen molar-refractivity contribution in [1.82, 2.24) is 25.0 Å². The maximum atomic E-state index is 12.9. The number of nitrogens with zero attached hydrogens (tertiary/aromatic N) is 5. The van der Waals surface area contributed by atoms with Crippen molar-refractivity contribution in [2.45, 2.75) is 10.9 Å². The topological polar surface area (TPSA) is 95.7 Å². The molecular formula is C11H9FN6OS. The van der Waals surface area contributed by atoms with Crippen LogP contribution in [0.2, 0.25) is 0 Å². The number of hydrogen-bond donors (Lipinski definition) is 1. The lowest BCUT2D eigenvalue weighted by molar-refractivity contribution is 0.412. The Morgan fingerprint density at radius 3 is 2.75 bits per heavy atom. The van der Waals surface area contributed by atoms with Crippen LogP contribution in [0.15, 0.2) is 40.3 Å². The first kappa shape index (κ1) is 12.6. The molecule has 7 nitrogen and oxygen atoms in total. The molecule has 1 aromatic carbocycles. The van der Waals surface area contributed by atoms with E-state index in [0.717, 1.165) is 0 Å². The maximum absolute atomic E-state index is 12.9. The molecule has 0 radical (unpaired) electrons. The minimum atomic E-state index is -0.316. The van der Waals surface area contributed by atoms with E-state index in [4.69, 9.17) is 5.84 Å². The molecule has 0 bridgehead atoms. The molecule has 2 N–H and O–H groups in total. The molecule has 0 atom stereocenters. The summed E-state index contributed by atoms with van der Waals surface area (Å²) in [6.45, 7) is 0. The van der Waals surface area contributed by atoms with Crippen LogP contribution in [0.5, 0.6) is 0 Å². The minimum absolute atomic E-state index is 0.316. The zero-order valence-electron chi connectivity index (χ0n) is 10.1. The number of aromatic nitrogens is 5. The van der Waals surface area contributed by atoms with Crippen molar-refractivity contribution < 1.29 is 8.91 Å². The summed E-state index contributed by atoms with van der Waals surface area (Å²) < 4.78 is 18.9. The van der Waals surface area contributed by atoms with E-state index < -0.39 is 0 Å². The number of halogens is 1. The third-order valence-corrected chi connectivity index (χ3v) is 3.44. The molecule has 102 valence electrons. The normalized spacial score (nSPS) is 10.8. The average molecular weight is 292 g/mol. The van der Waals surface area contributed by atoms with Crippen LogP contribution in [0.3, 0.4) is 0 Å². The quantitative estimate of drug-likeness (QED) is 0.574. The lowest BCUT2D eigenvalue weighted by Crippen LogP contribution is -2.11. The smallest absolute Gasteiger partial charge is 0.213 e. The highest BCUT2D eigenvalue weighted by atomic mass is 32.2. The molecule has 0 saturated carbocycles. The van der Waals surface area contributed by atoms with Gasteiger partial charge in [-0.2, -0.15) is 4.98 Å². The van der Waals surface area contributed by atoms with Gasteiger partial charge in [0, 0.05) is 5.56 Å². The summed E-state index contributed by atoms with van der Waals surface area (Å²) in [6.07, 6.45) is 1.26. The van der Waals surface area contributed by atoms with Crippen LogP contribution in [-0.4, -0.2) is 25.0 Å². The number of nitrogen functional groups attached to an aromatic ring is 1. The van der Waals surface area contributed by atoms with E-state index in [1.165, 1.54) is 35.0 Å². The standard InChI is InChI=1S/C11H9FN6OS/c12-8-3-1-7(2-4-8)10-15-16-11(18(10)13)20-5-9-14-6-19-17-9/h1-4,6H,5,13H2. The highest BCUT2D eigenvalue weighted by molar-refractivity contribution is 7.98. The van der Waals surface area contributed by atoms with E-state index in [0.29, 0.717) is 28.1 Å². The van der Waals surface area contributed by atoms with Gasteiger partial charge in [-0.25, -0.2) is 9.07 Å². The molecule has 0 fully saturated rings. The van der Waals surface area contributed by atoms with E-state index in [2.05, 4.69) is 24.9 Å². The molecule has 0 aliphatic rings. The molecule has 0 aliphatic carbocycles. The molecule has 0 saturated heterocycles. The van der Waals surface area contributed by atoms with Crippen LogP contribution in [0.1, 0.15) is 5.82 Å². The van der Waals surface area contributed by atoms with Gasteiger partial charge in [0.15, 0.2) is 11.6 Å². The Kier molecular flexibility index (Phi) is 3.33. The predicted molar refractivity (Wildman–Crippen MR) is 69.4 cm³/mol. The van der Waals surface area contributed by atoms with Gasteiger partial charge in [0.2, 0.25) is 11.6 Å². The summed E-state index contributed by atoms with van der Waals surface area (Å²) in [6, 6.07) is 5.87. The van der Waals surface area contributed by atoms with Gasteiger partial charge in [-0.1, -0.05) is 16.9 Å². The summed E-state index contributed by atoms with van der Waals surface area (Å²) in [4.78, 5) is 3.90. The van der Waals surface area contributed by atoms with Gasteiger partial charge in [-0.3, -0.25) is 0 Å². The fourth-order valence-corrected chi connectivity index (χ4v) is 2.27. The predicted octanol–water partition coefficient (Wildman–Crippen LogP) is 1.47. The van der Waals surface area contributed by atoms with Gasteiger partial charge in [0.05, 0.1) is 5.75 Å². The molecule has 3 aromatic rings. The molecule has 0 spiro atoms. The maximum Gasteiger partial charge on any atom is 0.213 e. The third kappa shape index (κ3) is 2.48. The summed E-state index contributed by atoms with van der Waals surface area (Å²) in [5.74, 6) is 7.08. The summed E-state index contributed by atoms with van der Waals surface area (Å²) in [5.41, 5.74) is 0.688. The summed E-state index contributed by atoms with van der Waals surface area (Å²) >= 11 is 1.33. The molecule has 2 aromatic heterocycles. The molecule has 0 aliphatic heterocycles. The first-order valence-electron chi connectivity index (χ1n) is 5.58. The molecule has 0 amide bonds. The highest BCUT2D eigenvalue weighted by Gasteiger charge is 2.13. The van der Waals surface area contributed by atoms with E-state index >= 15 is 0 Å². The van der Waals surface area contributed by atoms with Gasteiger partial charge in [0.1, 0.15) is 5.82 Å². The zero-order chi connectivity index (χ0) is 13.9. The lowest BCUT2D eigenvalue weighted by Gasteiger charge is -2.02. The molecule has 0 unspecified atom stereocenters. The third-order valence-electron chi connectivity index (χ3n) is 2.50. The largest absolute Gasteiger partial charge is 0.343 e. The molecular weight excluding hydrogens is 283 g/mol. The number of thioether (sulfide) groups is 1. The molecule has 20 heavy (non-hydrogen) atoms. The lowest BCUT2D eigenvalue weighted by atomic mass is 10.2. The Hall–Kier alpha value is -2.42. The van der Waals surface area contributed by atoms with E-state index in [1.807, 2.05) is 0 Å². The van der Waals surface area contributed by atoms with Crippen LogP contribution in [0.4, 0.5) is 4.39 Å². The van der Waals surface area contributed by atoms with Gasteiger partial charge in [-0.15, -0.1) is 10.2 Å². The first-order valence-corrected chi connectivity index (χ1v) is 6.57. The summed E-state index contributed by atoms with van der Waals surface area (Å²) in [5, 5.41) is 12.2. The van der Waals surface area contributed by atoms with E-state index in [1.54, 1.807) is 12.1 Å². The number of benzene rings is 1. The second kappa shape index (κ2) is 5.29. The Morgan fingerprint density at radius 1 is 1.25 bits per heavy atom. The Labute approximate surface area is 117 Å². The van der Waals surface area contributed by atoms with Crippen LogP contribution in [0, 0.1) is 5.82 Å². The van der Waals surface area contributed by atoms with Crippen molar-refractivity contribution in [2.75, 3.05) is 5.84 Å². The Balaban J connectivity index is 1.79. The molecule has 9 heteroatoms. The van der Waals surface area contributed by atoms with Crippen LogP contribution in [-0.2, 0) is 5.75 Å². The average Bonchev–Trinajstić information content (AvgIpc) is 3.08. The van der Waals surface area contributed by atoms with Crippen molar-refractivity contribution in [3.05, 3.63) is 42.3 Å². The second-order valence-electron chi connectivity index (χ2n) is 3.82. The fraction of sp³-hybridized carbons (Fsp3) is 0.0909. The number of nitrogens with two attached hydrogens (primary N) is 1. The van der Waals surface area contributed by atoms with Crippen LogP contribution in [0.25, 0.3) is 11.4 Å². The van der Waals surface area contributed by atoms with Crippen molar-refractivity contribution in [3.8, 4) is 11.4 Å². The number of rotatable bonds is 4. The minimum Gasteiger partial charge on any atom is -0.343 e. The fourth-order valence-electron chi connectivity index (χ4n) is 1.56. The van der Waals surface area contributed by atoms with Crippen molar-refractivity contribution in [3.63, 3.8) is 0 Å². The van der Waals surface area contributed by atoms with E-state index in [-0.39, 0.29) is 5.82 Å². The highest BCUT2D eigenvalue weighted by Crippen LogP contribution is 2.23. The zero-order valence-corrected chi connectivity index (χ0v) is 10.9. The van der Waals surface area contributed by atoms with Crippen molar-refractivity contribution in [1.29, 1.82) is 0 Å². The van der Waals surface area contributed by atoms with Gasteiger partial charge < -0.3 is 10.4 Å². The summed E-state index contributed by atoms with van der Waals surface area (Å²) in [7, 11) is 0. The van der Waals surface area contributed by atoms with Gasteiger partial charge in [-0.05, 0) is 24.3 Å². The van der Waals surface area contributed by atoms with E-state index in [9.17, 15) is 4.39 Å². The van der Waals surface area contributed by atoms with Crippen molar-refractivity contribution >= 4 is 11.8 Å². The number of hydrogen-bond acceptors (Lipinski definition) is 7. The van der Waals surface area contributed by atoms with Crippen molar-refractivity contribution in [2.24, 2.45) is 0 Å². The van der Waals surface area contributed by atoms with Crippen LogP contribution >= 0.6 is 11.8 Å². The van der Waals surface area contributed by atoms with Gasteiger partial charge in [0.25, 0.3) is 0 Å². The SMILES string of the molecule is Nn1c(SCc2ncon2)nnc1-c1ccc(F)cc1. The molecule has 3 rings (SSSR count). The first-order chi connectivity index (χ1) is 9.74. The second-order valence-corrected chi connectivity index (χ2v) is 4.76.